The lowest BCUT2D eigenvalue weighted by atomic mass is 10.2. The second-order valence-electron chi connectivity index (χ2n) is 7.51. The number of sulfonamides is 1. The summed E-state index contributed by atoms with van der Waals surface area (Å²) in [6.45, 7) is 3.81. The van der Waals surface area contributed by atoms with Crippen LogP contribution >= 0.6 is 0 Å². The molecule has 180 valence electrons. The average Bonchev–Trinajstić information content (AvgIpc) is 3.17. The summed E-state index contributed by atoms with van der Waals surface area (Å²) in [4.78, 5) is 19.8. The van der Waals surface area contributed by atoms with Gasteiger partial charge in [0.2, 0.25) is 5.88 Å². The maximum Gasteiger partial charge on any atom is 0.261 e. The van der Waals surface area contributed by atoms with Gasteiger partial charge in [0.15, 0.2) is 5.82 Å². The number of nitrogens with zero attached hydrogens (tertiary/aromatic N) is 4. The van der Waals surface area contributed by atoms with Crippen LogP contribution in [0.5, 0.6) is 17.4 Å². The molecular formula is C23H22N6O5S. The second kappa shape index (κ2) is 9.43. The molecule has 2 aromatic heterocycles. The summed E-state index contributed by atoms with van der Waals surface area (Å²) in [6.07, 6.45) is 1.37. The maximum absolute atomic E-state index is 12.8. The van der Waals surface area contributed by atoms with Gasteiger partial charge < -0.3 is 15.2 Å². The number of methoxy groups -OCH3 is 1. The lowest BCUT2D eigenvalue weighted by Gasteiger charge is -2.12. The minimum Gasteiger partial charge on any atom is -0.496 e. The first-order valence-electron chi connectivity index (χ1n) is 10.3. The maximum atomic E-state index is 12.8. The van der Waals surface area contributed by atoms with Crippen LogP contribution in [0.15, 0.2) is 65.8 Å². The van der Waals surface area contributed by atoms with E-state index in [1.165, 1.54) is 37.7 Å². The van der Waals surface area contributed by atoms with Gasteiger partial charge in [-0.2, -0.15) is 5.10 Å². The Labute approximate surface area is 201 Å². The third kappa shape index (κ3) is 5.22. The van der Waals surface area contributed by atoms with Gasteiger partial charge in [-0.25, -0.2) is 23.1 Å². The predicted molar refractivity (Wildman–Crippen MR) is 127 cm³/mol. The number of rotatable bonds is 8. The topological polar surface area (TPSA) is 151 Å². The minimum atomic E-state index is -3.99. The molecule has 0 unspecified atom stereocenters. The number of amides is 1. The van der Waals surface area contributed by atoms with E-state index in [-0.39, 0.29) is 16.2 Å². The summed E-state index contributed by atoms with van der Waals surface area (Å²) < 4.78 is 40.6. The van der Waals surface area contributed by atoms with E-state index in [0.717, 1.165) is 17.5 Å². The zero-order valence-corrected chi connectivity index (χ0v) is 19.9. The Balaban J connectivity index is 1.50. The van der Waals surface area contributed by atoms with Crippen LogP contribution in [0, 0.1) is 13.8 Å². The van der Waals surface area contributed by atoms with E-state index in [4.69, 9.17) is 15.2 Å². The molecule has 0 radical (unpaired) electrons. The molecule has 0 spiro atoms. The number of benzene rings is 2. The summed E-state index contributed by atoms with van der Waals surface area (Å²) in [5.41, 5.74) is 7.36. The van der Waals surface area contributed by atoms with E-state index >= 15 is 0 Å². The van der Waals surface area contributed by atoms with Crippen molar-refractivity contribution in [1.29, 1.82) is 0 Å². The van der Waals surface area contributed by atoms with Crippen molar-refractivity contribution in [2.75, 3.05) is 11.8 Å². The highest BCUT2D eigenvalue weighted by molar-refractivity contribution is 7.92. The van der Waals surface area contributed by atoms with Gasteiger partial charge in [0.05, 0.1) is 23.3 Å². The molecule has 0 aliphatic carbocycles. The molecule has 0 fully saturated rings. The van der Waals surface area contributed by atoms with Crippen molar-refractivity contribution in [3.05, 3.63) is 77.9 Å². The fourth-order valence-corrected chi connectivity index (χ4v) is 4.42. The van der Waals surface area contributed by atoms with Gasteiger partial charge in [-0.3, -0.25) is 9.52 Å². The number of anilines is 1. The first-order valence-corrected chi connectivity index (χ1v) is 11.8. The summed E-state index contributed by atoms with van der Waals surface area (Å²) in [5.74, 6) is 0.675. The number of aryl methyl sites for hydroxylation is 2. The Hall–Kier alpha value is -4.45. The fraction of sp³-hybridized carbons (Fsp3) is 0.130. The molecule has 11 nitrogen and oxygen atoms in total. The number of aromatic nitrogens is 4. The number of ether oxygens (including phenoxy) is 2. The molecule has 12 heteroatoms. The Morgan fingerprint density at radius 2 is 1.77 bits per heavy atom. The van der Waals surface area contributed by atoms with E-state index in [1.807, 2.05) is 19.9 Å². The van der Waals surface area contributed by atoms with Crippen LogP contribution in [0.25, 0.3) is 5.82 Å². The zero-order valence-electron chi connectivity index (χ0n) is 19.1. The Morgan fingerprint density at radius 1 is 1.03 bits per heavy atom. The second-order valence-corrected chi connectivity index (χ2v) is 9.19. The number of hydrogen-bond acceptors (Lipinski definition) is 8. The number of carbonyl (C=O) groups is 1. The first kappa shape index (κ1) is 23.7. The Kier molecular flexibility index (Phi) is 6.38. The van der Waals surface area contributed by atoms with Gasteiger partial charge >= 0.3 is 0 Å². The standard InChI is InChI=1S/C23H22N6O5S/c1-14-10-15(2)29(27-14)21-12-22(26-13-25-21)34-17-6-4-16(5-7-17)28-35(31,32)18-8-9-20(33-3)19(11-18)23(24)30/h4-13,28H,1-3H3,(H2,24,30). The highest BCUT2D eigenvalue weighted by atomic mass is 32.2. The number of nitrogens with two attached hydrogens (primary N) is 1. The van der Waals surface area contributed by atoms with Crippen molar-refractivity contribution in [1.82, 2.24) is 19.7 Å². The third-order valence-electron chi connectivity index (χ3n) is 4.93. The monoisotopic (exact) mass is 494 g/mol. The van der Waals surface area contributed by atoms with Crippen molar-refractivity contribution in [3.63, 3.8) is 0 Å². The lowest BCUT2D eigenvalue weighted by molar-refractivity contribution is 0.0997. The summed E-state index contributed by atoms with van der Waals surface area (Å²) >= 11 is 0. The average molecular weight is 495 g/mol. The lowest BCUT2D eigenvalue weighted by Crippen LogP contribution is -2.16. The molecule has 0 aliphatic rings. The smallest absolute Gasteiger partial charge is 0.261 e. The zero-order chi connectivity index (χ0) is 25.2. The van der Waals surface area contributed by atoms with Gasteiger partial charge in [-0.05, 0) is 62.4 Å². The minimum absolute atomic E-state index is 0.0381. The number of hydrogen-bond donors (Lipinski definition) is 2. The van der Waals surface area contributed by atoms with Crippen LogP contribution in [0.2, 0.25) is 0 Å². The highest BCUT2D eigenvalue weighted by Gasteiger charge is 2.19. The summed E-state index contributed by atoms with van der Waals surface area (Å²) in [6, 6.07) is 13.7. The molecule has 0 saturated carbocycles. The molecule has 4 aromatic rings. The number of primary amides is 1. The van der Waals surface area contributed by atoms with Crippen LogP contribution in [0.1, 0.15) is 21.7 Å². The molecule has 1 amide bonds. The SMILES string of the molecule is COc1ccc(S(=O)(=O)Nc2ccc(Oc3cc(-n4nc(C)cc4C)ncn3)cc2)cc1C(N)=O. The van der Waals surface area contributed by atoms with E-state index in [1.54, 1.807) is 22.9 Å². The summed E-state index contributed by atoms with van der Waals surface area (Å²) in [7, 11) is -2.63. The highest BCUT2D eigenvalue weighted by Crippen LogP contribution is 2.26. The van der Waals surface area contributed by atoms with Gasteiger partial charge in [-0.1, -0.05) is 0 Å². The molecule has 0 aliphatic heterocycles. The number of nitrogens with one attached hydrogen (secondary N) is 1. The third-order valence-corrected chi connectivity index (χ3v) is 6.31. The predicted octanol–water partition coefficient (Wildman–Crippen LogP) is 2.98. The van der Waals surface area contributed by atoms with Crippen LogP contribution < -0.4 is 19.9 Å². The molecule has 0 bridgehead atoms. The number of carbonyl (C=O) groups excluding carboxylic acids is 1. The van der Waals surface area contributed by atoms with Gasteiger partial charge in [0.1, 0.15) is 17.8 Å². The van der Waals surface area contributed by atoms with Crippen molar-refractivity contribution in [2.45, 2.75) is 18.7 Å². The molecular weight excluding hydrogens is 472 g/mol. The molecule has 3 N–H and O–H groups in total. The van der Waals surface area contributed by atoms with Crippen LogP contribution in [0.3, 0.4) is 0 Å². The van der Waals surface area contributed by atoms with Gasteiger partial charge in [-0.15, -0.1) is 0 Å². The molecule has 4 rings (SSSR count). The largest absolute Gasteiger partial charge is 0.496 e. The van der Waals surface area contributed by atoms with E-state index in [2.05, 4.69) is 19.8 Å². The fourth-order valence-electron chi connectivity index (χ4n) is 3.34. The van der Waals surface area contributed by atoms with Crippen LogP contribution in [0.4, 0.5) is 5.69 Å². The Bertz CT molecular complexity index is 1500. The quantitative estimate of drug-likeness (QED) is 0.379. The van der Waals surface area contributed by atoms with E-state index in [0.29, 0.717) is 23.1 Å². The van der Waals surface area contributed by atoms with Crippen molar-refractivity contribution in [2.24, 2.45) is 5.73 Å². The summed E-state index contributed by atoms with van der Waals surface area (Å²) in [5, 5.41) is 4.40. The molecule has 2 aromatic carbocycles. The van der Waals surface area contributed by atoms with Crippen molar-refractivity contribution >= 4 is 21.6 Å². The Morgan fingerprint density at radius 3 is 2.40 bits per heavy atom. The van der Waals surface area contributed by atoms with Crippen LogP contribution in [-0.4, -0.2) is 41.2 Å². The normalized spacial score (nSPS) is 11.2. The van der Waals surface area contributed by atoms with E-state index in [9.17, 15) is 13.2 Å². The molecule has 35 heavy (non-hydrogen) atoms. The van der Waals surface area contributed by atoms with Crippen LogP contribution in [-0.2, 0) is 10.0 Å². The van der Waals surface area contributed by atoms with Gasteiger partial charge in [0.25, 0.3) is 15.9 Å². The van der Waals surface area contributed by atoms with Gasteiger partial charge in [0, 0.05) is 17.4 Å². The first-order chi connectivity index (χ1) is 16.7. The molecule has 0 atom stereocenters. The molecule has 2 heterocycles. The van der Waals surface area contributed by atoms with Crippen molar-refractivity contribution < 1.29 is 22.7 Å². The molecule has 0 saturated heterocycles. The van der Waals surface area contributed by atoms with E-state index < -0.39 is 15.9 Å². The van der Waals surface area contributed by atoms with Crippen molar-refractivity contribution in [3.8, 4) is 23.2 Å².